The van der Waals surface area contributed by atoms with E-state index in [9.17, 15) is 0 Å². The van der Waals surface area contributed by atoms with Gasteiger partial charge < -0.3 is 5.32 Å². The third kappa shape index (κ3) is 2.53. The fourth-order valence-corrected chi connectivity index (χ4v) is 1.44. The molecule has 16 heavy (non-hydrogen) atoms. The van der Waals surface area contributed by atoms with Crippen LogP contribution in [0.4, 0.5) is 5.82 Å². The van der Waals surface area contributed by atoms with Gasteiger partial charge in [0.2, 0.25) is 0 Å². The highest BCUT2D eigenvalue weighted by Gasteiger charge is 1.99. The zero-order chi connectivity index (χ0) is 11.4. The molecule has 0 saturated carbocycles. The van der Waals surface area contributed by atoms with Crippen LogP contribution in [0.1, 0.15) is 16.7 Å². The second-order valence-corrected chi connectivity index (χ2v) is 3.77. The van der Waals surface area contributed by atoms with E-state index in [1.54, 1.807) is 12.4 Å². The van der Waals surface area contributed by atoms with Gasteiger partial charge in [0.05, 0.1) is 6.20 Å². The van der Waals surface area contributed by atoms with Gasteiger partial charge in [0.15, 0.2) is 0 Å². The van der Waals surface area contributed by atoms with Gasteiger partial charge in [-0.2, -0.15) is 5.10 Å². The molecule has 2 rings (SSSR count). The topological polar surface area (TPSA) is 50.7 Å². The molecule has 0 saturated heterocycles. The average Bonchev–Trinajstić information content (AvgIpc) is 2.28. The molecule has 2 heterocycles. The molecule has 0 unspecified atom stereocenters. The summed E-state index contributed by atoms with van der Waals surface area (Å²) in [5, 5.41) is 11.1. The summed E-state index contributed by atoms with van der Waals surface area (Å²) in [5.74, 6) is 0.802. The molecule has 2 aromatic rings. The SMILES string of the molecule is Cc1cnnc(NCc2ccncc2C)c1. The van der Waals surface area contributed by atoms with E-state index in [0.717, 1.165) is 17.9 Å². The van der Waals surface area contributed by atoms with Gasteiger partial charge in [-0.1, -0.05) is 0 Å². The molecular formula is C12H14N4. The second-order valence-electron chi connectivity index (χ2n) is 3.77. The predicted octanol–water partition coefficient (Wildman–Crippen LogP) is 2.10. The number of anilines is 1. The zero-order valence-corrected chi connectivity index (χ0v) is 9.44. The first-order chi connectivity index (χ1) is 7.75. The zero-order valence-electron chi connectivity index (χ0n) is 9.44. The van der Waals surface area contributed by atoms with Crippen molar-refractivity contribution in [2.45, 2.75) is 20.4 Å². The van der Waals surface area contributed by atoms with Crippen molar-refractivity contribution in [3.05, 3.63) is 47.4 Å². The molecule has 0 atom stereocenters. The summed E-state index contributed by atoms with van der Waals surface area (Å²) in [6.07, 6.45) is 5.40. The minimum Gasteiger partial charge on any atom is -0.364 e. The van der Waals surface area contributed by atoms with Crippen LogP contribution in [0, 0.1) is 13.8 Å². The molecule has 0 aromatic carbocycles. The summed E-state index contributed by atoms with van der Waals surface area (Å²) in [5.41, 5.74) is 3.50. The van der Waals surface area contributed by atoms with E-state index in [0.29, 0.717) is 0 Å². The molecule has 0 aliphatic rings. The van der Waals surface area contributed by atoms with Crippen LogP contribution in [0.5, 0.6) is 0 Å². The molecule has 82 valence electrons. The van der Waals surface area contributed by atoms with Crippen LogP contribution in [0.3, 0.4) is 0 Å². The number of pyridine rings is 1. The molecule has 0 aliphatic heterocycles. The number of hydrogen-bond donors (Lipinski definition) is 1. The lowest BCUT2D eigenvalue weighted by Crippen LogP contribution is -2.04. The number of aryl methyl sites for hydroxylation is 2. The lowest BCUT2D eigenvalue weighted by molar-refractivity contribution is 0.982. The number of hydrogen-bond acceptors (Lipinski definition) is 4. The van der Waals surface area contributed by atoms with Crippen molar-refractivity contribution in [2.24, 2.45) is 0 Å². The monoisotopic (exact) mass is 214 g/mol. The number of rotatable bonds is 3. The van der Waals surface area contributed by atoms with E-state index >= 15 is 0 Å². The van der Waals surface area contributed by atoms with Crippen LogP contribution in [0.25, 0.3) is 0 Å². The summed E-state index contributed by atoms with van der Waals surface area (Å²) in [4.78, 5) is 4.06. The third-order valence-corrected chi connectivity index (χ3v) is 2.39. The Labute approximate surface area is 94.8 Å². The van der Waals surface area contributed by atoms with Crippen LogP contribution in [0.2, 0.25) is 0 Å². The van der Waals surface area contributed by atoms with Crippen molar-refractivity contribution < 1.29 is 0 Å². The predicted molar refractivity (Wildman–Crippen MR) is 63.1 cm³/mol. The molecular weight excluding hydrogens is 200 g/mol. The molecule has 4 heteroatoms. The van der Waals surface area contributed by atoms with Gasteiger partial charge in [0.25, 0.3) is 0 Å². The molecule has 0 amide bonds. The smallest absolute Gasteiger partial charge is 0.149 e. The van der Waals surface area contributed by atoms with E-state index in [2.05, 4.69) is 20.5 Å². The Morgan fingerprint density at radius 3 is 2.88 bits per heavy atom. The van der Waals surface area contributed by atoms with Crippen molar-refractivity contribution in [1.82, 2.24) is 15.2 Å². The summed E-state index contributed by atoms with van der Waals surface area (Å²) < 4.78 is 0. The van der Waals surface area contributed by atoms with Gasteiger partial charge in [-0.3, -0.25) is 4.98 Å². The Morgan fingerprint density at radius 1 is 1.25 bits per heavy atom. The maximum atomic E-state index is 4.06. The first-order valence-electron chi connectivity index (χ1n) is 5.18. The van der Waals surface area contributed by atoms with Gasteiger partial charge in [-0.05, 0) is 42.7 Å². The summed E-state index contributed by atoms with van der Waals surface area (Å²) in [6, 6.07) is 3.98. The Balaban J connectivity index is 2.05. The minimum absolute atomic E-state index is 0.743. The van der Waals surface area contributed by atoms with E-state index in [4.69, 9.17) is 0 Å². The Bertz CT molecular complexity index is 482. The van der Waals surface area contributed by atoms with Gasteiger partial charge in [0, 0.05) is 18.9 Å². The second kappa shape index (κ2) is 4.70. The summed E-state index contributed by atoms with van der Waals surface area (Å²) >= 11 is 0. The van der Waals surface area contributed by atoms with Crippen LogP contribution >= 0.6 is 0 Å². The fourth-order valence-electron chi connectivity index (χ4n) is 1.44. The summed E-state index contributed by atoms with van der Waals surface area (Å²) in [7, 11) is 0. The van der Waals surface area contributed by atoms with Crippen LogP contribution in [-0.2, 0) is 6.54 Å². The number of nitrogens with one attached hydrogen (secondary N) is 1. The molecule has 0 bridgehead atoms. The molecule has 4 nitrogen and oxygen atoms in total. The van der Waals surface area contributed by atoms with Crippen molar-refractivity contribution in [3.63, 3.8) is 0 Å². The molecule has 0 radical (unpaired) electrons. The van der Waals surface area contributed by atoms with Gasteiger partial charge >= 0.3 is 0 Å². The summed E-state index contributed by atoms with van der Waals surface area (Å²) in [6.45, 7) is 4.79. The molecule has 2 aromatic heterocycles. The van der Waals surface area contributed by atoms with Crippen LogP contribution in [0.15, 0.2) is 30.7 Å². The van der Waals surface area contributed by atoms with E-state index in [1.165, 1.54) is 11.1 Å². The van der Waals surface area contributed by atoms with Gasteiger partial charge in [0.1, 0.15) is 5.82 Å². The first kappa shape index (κ1) is 10.5. The van der Waals surface area contributed by atoms with Crippen LogP contribution in [-0.4, -0.2) is 15.2 Å². The van der Waals surface area contributed by atoms with Gasteiger partial charge in [-0.15, -0.1) is 5.10 Å². The maximum absolute atomic E-state index is 4.06. The van der Waals surface area contributed by atoms with Crippen molar-refractivity contribution in [2.75, 3.05) is 5.32 Å². The van der Waals surface area contributed by atoms with Crippen molar-refractivity contribution in [3.8, 4) is 0 Å². The average molecular weight is 214 g/mol. The van der Waals surface area contributed by atoms with Crippen molar-refractivity contribution in [1.29, 1.82) is 0 Å². The van der Waals surface area contributed by atoms with E-state index in [-0.39, 0.29) is 0 Å². The highest BCUT2D eigenvalue weighted by Crippen LogP contribution is 2.09. The van der Waals surface area contributed by atoms with Crippen molar-refractivity contribution >= 4 is 5.82 Å². The Hall–Kier alpha value is -1.97. The minimum atomic E-state index is 0.743. The lowest BCUT2D eigenvalue weighted by atomic mass is 10.1. The standard InChI is InChI=1S/C12H14N4/c1-9-5-12(16-15-6-9)14-8-11-3-4-13-7-10(11)2/h3-7H,8H2,1-2H3,(H,14,16). The quantitative estimate of drug-likeness (QED) is 0.850. The first-order valence-corrected chi connectivity index (χ1v) is 5.18. The molecule has 0 fully saturated rings. The maximum Gasteiger partial charge on any atom is 0.149 e. The number of nitrogens with zero attached hydrogens (tertiary/aromatic N) is 3. The normalized spacial score (nSPS) is 10.1. The molecule has 1 N–H and O–H groups in total. The highest BCUT2D eigenvalue weighted by atomic mass is 15.2. The van der Waals surface area contributed by atoms with Crippen LogP contribution < -0.4 is 5.32 Å². The molecule has 0 spiro atoms. The van der Waals surface area contributed by atoms with Gasteiger partial charge in [-0.25, -0.2) is 0 Å². The fraction of sp³-hybridized carbons (Fsp3) is 0.250. The number of aromatic nitrogens is 3. The highest BCUT2D eigenvalue weighted by molar-refractivity contribution is 5.37. The van der Waals surface area contributed by atoms with E-state index < -0.39 is 0 Å². The Morgan fingerprint density at radius 2 is 2.12 bits per heavy atom. The Kier molecular flexibility index (Phi) is 3.10. The molecule has 0 aliphatic carbocycles. The van der Waals surface area contributed by atoms with E-state index in [1.807, 2.05) is 32.2 Å². The largest absolute Gasteiger partial charge is 0.364 e. The lowest BCUT2D eigenvalue weighted by Gasteiger charge is -2.07. The third-order valence-electron chi connectivity index (χ3n) is 2.39.